The van der Waals surface area contributed by atoms with Crippen molar-refractivity contribution in [3.05, 3.63) is 17.5 Å². The number of nitrogens with zero attached hydrogens (tertiary/aromatic N) is 2. The SMILES string of the molecule is Cc1cc(C)nc(NCCCCC(F)(F)F)n1. The number of rotatable bonds is 5. The summed E-state index contributed by atoms with van der Waals surface area (Å²) in [5, 5.41) is 2.92. The summed E-state index contributed by atoms with van der Waals surface area (Å²) in [6.45, 7) is 4.16. The topological polar surface area (TPSA) is 37.8 Å². The number of hydrogen-bond acceptors (Lipinski definition) is 3. The predicted octanol–water partition coefficient (Wildman–Crippen LogP) is 3.24. The van der Waals surface area contributed by atoms with Gasteiger partial charge in [0, 0.05) is 24.4 Å². The lowest BCUT2D eigenvalue weighted by Gasteiger charge is -2.07. The van der Waals surface area contributed by atoms with Crippen LogP contribution in [0.5, 0.6) is 0 Å². The summed E-state index contributed by atoms with van der Waals surface area (Å²) >= 11 is 0. The van der Waals surface area contributed by atoms with Crippen LogP contribution >= 0.6 is 0 Å². The fraction of sp³-hybridized carbons (Fsp3) is 0.636. The number of halogens is 3. The summed E-state index contributed by atoms with van der Waals surface area (Å²) in [6, 6.07) is 1.84. The Kier molecular flexibility index (Phi) is 4.72. The van der Waals surface area contributed by atoms with Gasteiger partial charge in [-0.25, -0.2) is 9.97 Å². The van der Waals surface area contributed by atoms with E-state index in [0.29, 0.717) is 18.9 Å². The van der Waals surface area contributed by atoms with E-state index in [1.807, 2.05) is 19.9 Å². The molecule has 3 nitrogen and oxygen atoms in total. The van der Waals surface area contributed by atoms with Gasteiger partial charge in [-0.2, -0.15) is 13.2 Å². The van der Waals surface area contributed by atoms with Crippen molar-refractivity contribution in [1.29, 1.82) is 0 Å². The van der Waals surface area contributed by atoms with E-state index in [0.717, 1.165) is 11.4 Å². The van der Waals surface area contributed by atoms with E-state index in [-0.39, 0.29) is 6.42 Å². The van der Waals surface area contributed by atoms with Crippen LogP contribution in [0.25, 0.3) is 0 Å². The average Bonchev–Trinajstić information content (AvgIpc) is 2.13. The van der Waals surface area contributed by atoms with Crippen LogP contribution in [-0.4, -0.2) is 22.7 Å². The van der Waals surface area contributed by atoms with Crippen LogP contribution in [0.15, 0.2) is 6.07 Å². The number of alkyl halides is 3. The van der Waals surface area contributed by atoms with Gasteiger partial charge >= 0.3 is 6.18 Å². The predicted molar refractivity (Wildman–Crippen MR) is 59.9 cm³/mol. The second-order valence-electron chi connectivity index (χ2n) is 3.97. The molecular weight excluding hydrogens is 231 g/mol. The number of aromatic nitrogens is 2. The summed E-state index contributed by atoms with van der Waals surface area (Å²) in [4.78, 5) is 8.27. The molecule has 0 aliphatic carbocycles. The molecular formula is C11H16F3N3. The highest BCUT2D eigenvalue weighted by Crippen LogP contribution is 2.21. The molecule has 0 aliphatic rings. The Morgan fingerprint density at radius 3 is 2.24 bits per heavy atom. The van der Waals surface area contributed by atoms with E-state index < -0.39 is 12.6 Å². The van der Waals surface area contributed by atoms with Crippen molar-refractivity contribution in [3.8, 4) is 0 Å². The molecule has 0 amide bonds. The molecule has 6 heteroatoms. The quantitative estimate of drug-likeness (QED) is 0.812. The van der Waals surface area contributed by atoms with Gasteiger partial charge in [0.05, 0.1) is 0 Å². The minimum atomic E-state index is -4.06. The molecule has 0 saturated carbocycles. The molecule has 0 aromatic carbocycles. The van der Waals surface area contributed by atoms with Gasteiger partial charge in [-0.05, 0) is 32.8 Å². The zero-order chi connectivity index (χ0) is 12.9. The Labute approximate surface area is 98.5 Å². The fourth-order valence-electron chi connectivity index (χ4n) is 1.46. The largest absolute Gasteiger partial charge is 0.389 e. The van der Waals surface area contributed by atoms with Crippen LogP contribution in [0.1, 0.15) is 30.7 Å². The Hall–Kier alpha value is -1.33. The third-order valence-corrected chi connectivity index (χ3v) is 2.15. The molecule has 0 atom stereocenters. The van der Waals surface area contributed by atoms with Crippen molar-refractivity contribution < 1.29 is 13.2 Å². The first-order valence-corrected chi connectivity index (χ1v) is 5.50. The Bertz CT molecular complexity index is 343. The van der Waals surface area contributed by atoms with Gasteiger partial charge in [0.25, 0.3) is 0 Å². The molecule has 0 saturated heterocycles. The van der Waals surface area contributed by atoms with Crippen molar-refractivity contribution >= 4 is 5.95 Å². The van der Waals surface area contributed by atoms with E-state index in [4.69, 9.17) is 0 Å². The van der Waals surface area contributed by atoms with Gasteiger partial charge in [-0.1, -0.05) is 0 Å². The number of nitrogens with one attached hydrogen (secondary N) is 1. The Morgan fingerprint density at radius 2 is 1.71 bits per heavy atom. The third-order valence-electron chi connectivity index (χ3n) is 2.15. The lowest BCUT2D eigenvalue weighted by atomic mass is 10.2. The molecule has 1 rings (SSSR count). The van der Waals surface area contributed by atoms with Gasteiger partial charge in [0.2, 0.25) is 5.95 Å². The number of hydrogen-bond donors (Lipinski definition) is 1. The summed E-state index contributed by atoms with van der Waals surface area (Å²) in [6.07, 6.45) is -4.21. The zero-order valence-electron chi connectivity index (χ0n) is 9.93. The summed E-state index contributed by atoms with van der Waals surface area (Å²) < 4.78 is 35.6. The van der Waals surface area contributed by atoms with Gasteiger partial charge in [0.1, 0.15) is 0 Å². The van der Waals surface area contributed by atoms with E-state index in [2.05, 4.69) is 15.3 Å². The minimum Gasteiger partial charge on any atom is -0.354 e. The van der Waals surface area contributed by atoms with Crippen LogP contribution in [0.3, 0.4) is 0 Å². The smallest absolute Gasteiger partial charge is 0.354 e. The maximum absolute atomic E-state index is 11.9. The van der Waals surface area contributed by atoms with E-state index in [1.54, 1.807) is 0 Å². The molecule has 1 heterocycles. The first-order chi connectivity index (χ1) is 7.87. The lowest BCUT2D eigenvalue weighted by Crippen LogP contribution is -2.10. The maximum atomic E-state index is 11.9. The highest BCUT2D eigenvalue weighted by molar-refractivity contribution is 5.27. The summed E-state index contributed by atoms with van der Waals surface area (Å²) in [7, 11) is 0. The van der Waals surface area contributed by atoms with Crippen LogP contribution in [0.2, 0.25) is 0 Å². The van der Waals surface area contributed by atoms with Crippen molar-refractivity contribution in [2.75, 3.05) is 11.9 Å². The molecule has 96 valence electrons. The van der Waals surface area contributed by atoms with Crippen LogP contribution in [0.4, 0.5) is 19.1 Å². The molecule has 1 aromatic heterocycles. The molecule has 0 unspecified atom stereocenters. The van der Waals surface area contributed by atoms with Crippen molar-refractivity contribution in [3.63, 3.8) is 0 Å². The first-order valence-electron chi connectivity index (χ1n) is 5.50. The molecule has 0 spiro atoms. The standard InChI is InChI=1S/C11H16F3N3/c1-8-7-9(2)17-10(16-8)15-6-4-3-5-11(12,13)14/h7H,3-6H2,1-2H3,(H,15,16,17). The molecule has 0 bridgehead atoms. The van der Waals surface area contributed by atoms with Crippen LogP contribution < -0.4 is 5.32 Å². The zero-order valence-corrected chi connectivity index (χ0v) is 9.93. The van der Waals surface area contributed by atoms with Gasteiger partial charge in [0.15, 0.2) is 0 Å². The van der Waals surface area contributed by atoms with Gasteiger partial charge in [-0.15, -0.1) is 0 Å². The highest BCUT2D eigenvalue weighted by Gasteiger charge is 2.25. The van der Waals surface area contributed by atoms with Gasteiger partial charge < -0.3 is 5.32 Å². The molecule has 0 aliphatic heterocycles. The van der Waals surface area contributed by atoms with Crippen LogP contribution in [0, 0.1) is 13.8 Å². The molecule has 17 heavy (non-hydrogen) atoms. The highest BCUT2D eigenvalue weighted by atomic mass is 19.4. The van der Waals surface area contributed by atoms with E-state index >= 15 is 0 Å². The Morgan fingerprint density at radius 1 is 1.12 bits per heavy atom. The molecule has 1 N–H and O–H groups in total. The fourth-order valence-corrected chi connectivity index (χ4v) is 1.46. The number of aryl methyl sites for hydroxylation is 2. The Balaban J connectivity index is 2.27. The second kappa shape index (κ2) is 5.84. The maximum Gasteiger partial charge on any atom is 0.389 e. The summed E-state index contributed by atoms with van der Waals surface area (Å²) in [5.41, 5.74) is 1.69. The average molecular weight is 247 g/mol. The lowest BCUT2D eigenvalue weighted by molar-refractivity contribution is -0.135. The number of unbranched alkanes of at least 4 members (excludes halogenated alkanes) is 1. The van der Waals surface area contributed by atoms with Crippen molar-refractivity contribution in [2.24, 2.45) is 0 Å². The molecule has 0 radical (unpaired) electrons. The second-order valence-corrected chi connectivity index (χ2v) is 3.97. The number of anilines is 1. The van der Waals surface area contributed by atoms with Crippen LogP contribution in [-0.2, 0) is 0 Å². The van der Waals surface area contributed by atoms with Crippen molar-refractivity contribution in [1.82, 2.24) is 9.97 Å². The third kappa shape index (κ3) is 6.09. The monoisotopic (exact) mass is 247 g/mol. The normalized spacial score (nSPS) is 11.6. The van der Waals surface area contributed by atoms with E-state index in [1.165, 1.54) is 0 Å². The summed E-state index contributed by atoms with van der Waals surface area (Å²) in [5.74, 6) is 0.481. The first kappa shape index (κ1) is 13.7. The van der Waals surface area contributed by atoms with E-state index in [9.17, 15) is 13.2 Å². The molecule has 0 fully saturated rings. The minimum absolute atomic E-state index is 0.126. The van der Waals surface area contributed by atoms with Gasteiger partial charge in [-0.3, -0.25) is 0 Å². The van der Waals surface area contributed by atoms with Crippen molar-refractivity contribution in [2.45, 2.75) is 39.3 Å². The molecule has 1 aromatic rings.